The lowest BCUT2D eigenvalue weighted by Gasteiger charge is -2.19. The molecule has 1 amide bonds. The molecule has 2 aromatic carbocycles. The Morgan fingerprint density at radius 2 is 1.80 bits per heavy atom. The van der Waals surface area contributed by atoms with Crippen molar-refractivity contribution >= 4 is 5.91 Å². The van der Waals surface area contributed by atoms with Crippen LogP contribution in [0.3, 0.4) is 0 Å². The van der Waals surface area contributed by atoms with Crippen molar-refractivity contribution in [3.8, 4) is 17.2 Å². The molecule has 2 atom stereocenters. The van der Waals surface area contributed by atoms with Gasteiger partial charge in [0.05, 0.1) is 13.2 Å². The summed E-state index contributed by atoms with van der Waals surface area (Å²) < 4.78 is 16.6. The highest BCUT2D eigenvalue weighted by molar-refractivity contribution is 5.81. The second kappa shape index (κ2) is 8.97. The first-order valence-corrected chi connectivity index (χ1v) is 8.29. The van der Waals surface area contributed by atoms with E-state index in [4.69, 9.17) is 14.2 Å². The number of aryl methyl sites for hydroxylation is 1. The molecule has 0 heterocycles. The molecule has 0 saturated heterocycles. The van der Waals surface area contributed by atoms with Crippen molar-refractivity contribution < 1.29 is 19.0 Å². The van der Waals surface area contributed by atoms with Crippen LogP contribution in [0.4, 0.5) is 0 Å². The molecular formula is C20H25NO4. The SMILES string of the molecule is COc1cccc(O[C@@H](C)C(=O)N[C@@H](C)COc2ccccc2C)c1. The van der Waals surface area contributed by atoms with Gasteiger partial charge in [0.15, 0.2) is 6.10 Å². The molecule has 0 bridgehead atoms. The van der Waals surface area contributed by atoms with Crippen LogP contribution in [0.25, 0.3) is 0 Å². The number of benzene rings is 2. The van der Waals surface area contributed by atoms with Gasteiger partial charge in [-0.25, -0.2) is 0 Å². The second-order valence-corrected chi connectivity index (χ2v) is 5.93. The van der Waals surface area contributed by atoms with Gasteiger partial charge in [0.25, 0.3) is 5.91 Å². The summed E-state index contributed by atoms with van der Waals surface area (Å²) in [5.41, 5.74) is 1.07. The summed E-state index contributed by atoms with van der Waals surface area (Å²) in [4.78, 5) is 12.3. The monoisotopic (exact) mass is 343 g/mol. The highest BCUT2D eigenvalue weighted by Gasteiger charge is 2.17. The van der Waals surface area contributed by atoms with Gasteiger partial charge < -0.3 is 19.5 Å². The van der Waals surface area contributed by atoms with Crippen LogP contribution in [0.15, 0.2) is 48.5 Å². The standard InChI is InChI=1S/C20H25NO4/c1-14-8-5-6-11-19(14)24-13-15(2)21-20(22)16(3)25-18-10-7-9-17(12-18)23-4/h5-12,15-16H,13H2,1-4H3,(H,21,22)/t15-,16-/m0/s1. The second-order valence-electron chi connectivity index (χ2n) is 5.93. The Kier molecular flexibility index (Phi) is 6.69. The van der Waals surface area contributed by atoms with E-state index in [-0.39, 0.29) is 11.9 Å². The van der Waals surface area contributed by atoms with Crippen LogP contribution in [0, 0.1) is 6.92 Å². The smallest absolute Gasteiger partial charge is 0.261 e. The van der Waals surface area contributed by atoms with E-state index in [0.29, 0.717) is 18.1 Å². The number of amides is 1. The third-order valence-corrected chi connectivity index (χ3v) is 3.69. The summed E-state index contributed by atoms with van der Waals surface area (Å²) in [5, 5.41) is 2.90. The molecule has 2 aromatic rings. The summed E-state index contributed by atoms with van der Waals surface area (Å²) in [6.45, 7) is 5.99. The van der Waals surface area contributed by atoms with Gasteiger partial charge in [-0.15, -0.1) is 0 Å². The van der Waals surface area contributed by atoms with Crippen molar-refractivity contribution in [2.75, 3.05) is 13.7 Å². The predicted octanol–water partition coefficient (Wildman–Crippen LogP) is 3.35. The molecule has 0 unspecified atom stereocenters. The molecule has 5 nitrogen and oxygen atoms in total. The van der Waals surface area contributed by atoms with Crippen LogP contribution < -0.4 is 19.5 Å². The van der Waals surface area contributed by atoms with E-state index in [9.17, 15) is 4.79 Å². The van der Waals surface area contributed by atoms with Crippen LogP contribution in [0.5, 0.6) is 17.2 Å². The van der Waals surface area contributed by atoms with Gasteiger partial charge in [0, 0.05) is 6.07 Å². The highest BCUT2D eigenvalue weighted by Crippen LogP contribution is 2.20. The fourth-order valence-electron chi connectivity index (χ4n) is 2.27. The average molecular weight is 343 g/mol. The largest absolute Gasteiger partial charge is 0.497 e. The Balaban J connectivity index is 1.82. The Bertz CT molecular complexity index is 702. The Morgan fingerprint density at radius 3 is 2.52 bits per heavy atom. The average Bonchev–Trinajstić information content (AvgIpc) is 2.61. The summed E-state index contributed by atoms with van der Waals surface area (Å²) in [6.07, 6.45) is -0.618. The number of methoxy groups -OCH3 is 1. The molecule has 1 N–H and O–H groups in total. The van der Waals surface area contributed by atoms with Gasteiger partial charge >= 0.3 is 0 Å². The molecule has 5 heteroatoms. The number of carbonyl (C=O) groups is 1. The molecule has 0 radical (unpaired) electrons. The van der Waals surface area contributed by atoms with Gasteiger partial charge in [0.2, 0.25) is 0 Å². The third-order valence-electron chi connectivity index (χ3n) is 3.69. The van der Waals surface area contributed by atoms with E-state index in [1.54, 1.807) is 26.2 Å². The first-order chi connectivity index (χ1) is 12.0. The number of nitrogens with one attached hydrogen (secondary N) is 1. The highest BCUT2D eigenvalue weighted by atomic mass is 16.5. The molecule has 0 aromatic heterocycles. The molecule has 0 spiro atoms. The van der Waals surface area contributed by atoms with Crippen molar-refractivity contribution in [2.24, 2.45) is 0 Å². The zero-order valence-electron chi connectivity index (χ0n) is 15.1. The van der Waals surface area contributed by atoms with E-state index in [0.717, 1.165) is 11.3 Å². The molecular weight excluding hydrogens is 318 g/mol. The molecule has 0 aliphatic rings. The third kappa shape index (κ3) is 5.71. The maximum Gasteiger partial charge on any atom is 0.261 e. The first-order valence-electron chi connectivity index (χ1n) is 8.29. The number of hydrogen-bond donors (Lipinski definition) is 1. The number of ether oxygens (including phenoxy) is 3. The molecule has 25 heavy (non-hydrogen) atoms. The molecule has 0 aliphatic heterocycles. The number of para-hydroxylation sites is 1. The van der Waals surface area contributed by atoms with Crippen molar-refractivity contribution in [3.63, 3.8) is 0 Å². The lowest BCUT2D eigenvalue weighted by molar-refractivity contribution is -0.128. The van der Waals surface area contributed by atoms with Gasteiger partial charge in [-0.2, -0.15) is 0 Å². The molecule has 0 aliphatic carbocycles. The van der Waals surface area contributed by atoms with E-state index < -0.39 is 6.10 Å². The number of rotatable bonds is 8. The van der Waals surface area contributed by atoms with Crippen LogP contribution in [-0.4, -0.2) is 31.8 Å². The normalized spacial score (nSPS) is 12.8. The maximum atomic E-state index is 12.3. The molecule has 0 fully saturated rings. The quantitative estimate of drug-likeness (QED) is 0.798. The summed E-state index contributed by atoms with van der Waals surface area (Å²) in [7, 11) is 1.59. The number of carbonyl (C=O) groups excluding carboxylic acids is 1. The zero-order chi connectivity index (χ0) is 18.2. The van der Waals surface area contributed by atoms with Crippen LogP contribution >= 0.6 is 0 Å². The van der Waals surface area contributed by atoms with Crippen molar-refractivity contribution in [1.29, 1.82) is 0 Å². The molecule has 0 saturated carbocycles. The van der Waals surface area contributed by atoms with Crippen molar-refractivity contribution in [2.45, 2.75) is 32.9 Å². The first kappa shape index (κ1) is 18.6. The van der Waals surface area contributed by atoms with Gasteiger partial charge in [-0.1, -0.05) is 24.3 Å². The van der Waals surface area contributed by atoms with Crippen LogP contribution in [0.2, 0.25) is 0 Å². The number of hydrogen-bond acceptors (Lipinski definition) is 4. The van der Waals surface area contributed by atoms with E-state index in [1.165, 1.54) is 0 Å². The van der Waals surface area contributed by atoms with Gasteiger partial charge in [-0.3, -0.25) is 4.79 Å². The van der Waals surface area contributed by atoms with Crippen LogP contribution in [0.1, 0.15) is 19.4 Å². The Labute approximate surface area is 148 Å². The minimum Gasteiger partial charge on any atom is -0.497 e. The maximum absolute atomic E-state index is 12.3. The lowest BCUT2D eigenvalue weighted by Crippen LogP contribution is -2.43. The Morgan fingerprint density at radius 1 is 1.08 bits per heavy atom. The van der Waals surface area contributed by atoms with Crippen molar-refractivity contribution in [1.82, 2.24) is 5.32 Å². The van der Waals surface area contributed by atoms with Gasteiger partial charge in [-0.05, 0) is 44.5 Å². The fraction of sp³-hybridized carbons (Fsp3) is 0.350. The van der Waals surface area contributed by atoms with Crippen LogP contribution in [-0.2, 0) is 4.79 Å². The van der Waals surface area contributed by atoms with E-state index in [1.807, 2.05) is 50.2 Å². The fourth-order valence-corrected chi connectivity index (χ4v) is 2.27. The summed E-state index contributed by atoms with van der Waals surface area (Å²) in [5.74, 6) is 1.91. The van der Waals surface area contributed by atoms with Gasteiger partial charge in [0.1, 0.15) is 23.9 Å². The molecule has 134 valence electrons. The topological polar surface area (TPSA) is 56.8 Å². The molecule has 2 rings (SSSR count). The van der Waals surface area contributed by atoms with E-state index >= 15 is 0 Å². The van der Waals surface area contributed by atoms with Crippen molar-refractivity contribution in [3.05, 3.63) is 54.1 Å². The Hall–Kier alpha value is -2.69. The predicted molar refractivity (Wildman–Crippen MR) is 97.4 cm³/mol. The zero-order valence-corrected chi connectivity index (χ0v) is 15.1. The minimum absolute atomic E-state index is 0.136. The van der Waals surface area contributed by atoms with E-state index in [2.05, 4.69) is 5.32 Å². The summed E-state index contributed by atoms with van der Waals surface area (Å²) >= 11 is 0. The summed E-state index contributed by atoms with van der Waals surface area (Å²) in [6, 6.07) is 14.8. The minimum atomic E-state index is -0.618. The lowest BCUT2D eigenvalue weighted by atomic mass is 10.2.